The van der Waals surface area contributed by atoms with Crippen LogP contribution >= 0.6 is 0 Å². The molecular formula is C19H23N5O6. The van der Waals surface area contributed by atoms with Crippen LogP contribution in [0.25, 0.3) is 11.2 Å². The van der Waals surface area contributed by atoms with E-state index >= 15 is 0 Å². The number of aliphatic hydroxyl groups is 3. The SMILES string of the molecule is CC1CCCC(O)(C#Cc2nc(N)c3ncn(C4OC(C(=O)O)C(O)C4O)c3n2)C1. The van der Waals surface area contributed by atoms with Crippen molar-refractivity contribution in [2.75, 3.05) is 5.73 Å². The molecule has 2 aliphatic rings. The van der Waals surface area contributed by atoms with E-state index < -0.39 is 36.1 Å². The molecule has 2 fully saturated rings. The second kappa shape index (κ2) is 7.48. The summed E-state index contributed by atoms with van der Waals surface area (Å²) in [6.45, 7) is 2.07. The number of rotatable bonds is 2. The highest BCUT2D eigenvalue weighted by Gasteiger charge is 2.48. The number of ether oxygens (including phenoxy) is 1. The summed E-state index contributed by atoms with van der Waals surface area (Å²) in [6.07, 6.45) is -1.63. The molecule has 0 radical (unpaired) electrons. The van der Waals surface area contributed by atoms with Crippen LogP contribution in [0.4, 0.5) is 5.82 Å². The maximum atomic E-state index is 11.2. The Labute approximate surface area is 171 Å². The van der Waals surface area contributed by atoms with Gasteiger partial charge in [-0.3, -0.25) is 4.57 Å². The Bertz CT molecular complexity index is 1050. The van der Waals surface area contributed by atoms with E-state index in [2.05, 4.69) is 33.7 Å². The smallest absolute Gasteiger partial charge is 0.335 e. The van der Waals surface area contributed by atoms with Crippen molar-refractivity contribution in [3.8, 4) is 11.8 Å². The van der Waals surface area contributed by atoms with Gasteiger partial charge in [-0.15, -0.1) is 0 Å². The fourth-order valence-electron chi connectivity index (χ4n) is 4.08. The number of nitrogens with two attached hydrogens (primary N) is 1. The van der Waals surface area contributed by atoms with E-state index in [0.717, 1.165) is 12.8 Å². The van der Waals surface area contributed by atoms with Crippen molar-refractivity contribution >= 4 is 23.0 Å². The maximum Gasteiger partial charge on any atom is 0.335 e. The Morgan fingerprint density at radius 2 is 2.13 bits per heavy atom. The molecule has 6 N–H and O–H groups in total. The number of carboxylic acids is 1. The lowest BCUT2D eigenvalue weighted by molar-refractivity contribution is -0.155. The van der Waals surface area contributed by atoms with Gasteiger partial charge in [0.15, 0.2) is 23.8 Å². The lowest BCUT2D eigenvalue weighted by Crippen LogP contribution is -2.35. The number of hydrogen-bond donors (Lipinski definition) is 5. The molecule has 0 spiro atoms. The summed E-state index contributed by atoms with van der Waals surface area (Å²) in [4.78, 5) is 23.7. The van der Waals surface area contributed by atoms with Crippen molar-refractivity contribution < 1.29 is 30.0 Å². The summed E-state index contributed by atoms with van der Waals surface area (Å²) >= 11 is 0. The predicted molar refractivity (Wildman–Crippen MR) is 103 cm³/mol. The van der Waals surface area contributed by atoms with Gasteiger partial charge in [-0.2, -0.15) is 0 Å². The second-order valence-electron chi connectivity index (χ2n) is 8.01. The zero-order chi connectivity index (χ0) is 21.6. The van der Waals surface area contributed by atoms with Crippen molar-refractivity contribution in [2.24, 2.45) is 5.92 Å². The molecule has 0 amide bonds. The highest BCUT2D eigenvalue weighted by molar-refractivity contribution is 5.82. The van der Waals surface area contributed by atoms with Crippen molar-refractivity contribution in [3.63, 3.8) is 0 Å². The van der Waals surface area contributed by atoms with Crippen LogP contribution in [0.3, 0.4) is 0 Å². The van der Waals surface area contributed by atoms with E-state index in [4.69, 9.17) is 15.6 Å². The zero-order valence-corrected chi connectivity index (χ0v) is 16.3. The molecule has 1 saturated heterocycles. The number of carboxylic acid groups (broad SMARTS) is 1. The average Bonchev–Trinajstić information content (AvgIpc) is 3.22. The summed E-state index contributed by atoms with van der Waals surface area (Å²) in [5.74, 6) is 4.68. The highest BCUT2D eigenvalue weighted by atomic mass is 16.6. The van der Waals surface area contributed by atoms with E-state index in [1.807, 2.05) is 0 Å². The van der Waals surface area contributed by atoms with E-state index in [1.54, 1.807) is 0 Å². The van der Waals surface area contributed by atoms with Crippen molar-refractivity contribution in [1.82, 2.24) is 19.5 Å². The van der Waals surface area contributed by atoms with Crippen LogP contribution in [-0.4, -0.2) is 69.8 Å². The Balaban J connectivity index is 1.69. The van der Waals surface area contributed by atoms with Gasteiger partial charge in [0.05, 0.1) is 6.33 Å². The number of imidazole rings is 1. The standard InChI is InChI=1S/C19H23N5O6/c1-9-3-2-5-19(29,7-9)6-4-10-22-15(20)11-16(23-10)24(8-21-11)17-13(26)12(25)14(30-17)18(27)28/h8-9,12-14,17,25-26,29H,2-3,5,7H2,1H3,(H,27,28)(H2,20,22,23). The van der Waals surface area contributed by atoms with Gasteiger partial charge < -0.3 is 30.9 Å². The van der Waals surface area contributed by atoms with Gasteiger partial charge in [0.25, 0.3) is 0 Å². The number of aliphatic carboxylic acids is 1. The third kappa shape index (κ3) is 3.59. The first-order chi connectivity index (χ1) is 14.2. The maximum absolute atomic E-state index is 11.2. The van der Waals surface area contributed by atoms with Crippen molar-refractivity contribution in [3.05, 3.63) is 12.2 Å². The largest absolute Gasteiger partial charge is 0.479 e. The molecule has 30 heavy (non-hydrogen) atoms. The molecule has 6 atom stereocenters. The Morgan fingerprint density at radius 3 is 2.80 bits per heavy atom. The fraction of sp³-hybridized carbons (Fsp3) is 0.579. The number of nitrogen functional groups attached to an aromatic ring is 1. The summed E-state index contributed by atoms with van der Waals surface area (Å²) in [7, 11) is 0. The molecule has 1 saturated carbocycles. The Hall–Kier alpha value is -2.78. The monoisotopic (exact) mass is 417 g/mol. The summed E-state index contributed by atoms with van der Waals surface area (Å²) in [5, 5.41) is 40.1. The minimum Gasteiger partial charge on any atom is -0.479 e. The Morgan fingerprint density at radius 1 is 1.37 bits per heavy atom. The van der Waals surface area contributed by atoms with Crippen LogP contribution < -0.4 is 5.73 Å². The van der Waals surface area contributed by atoms with Gasteiger partial charge in [-0.05, 0) is 31.1 Å². The first kappa shape index (κ1) is 20.5. The van der Waals surface area contributed by atoms with Crippen LogP contribution in [-0.2, 0) is 9.53 Å². The molecule has 11 heteroatoms. The van der Waals surface area contributed by atoms with E-state index in [-0.39, 0.29) is 22.8 Å². The average molecular weight is 417 g/mol. The third-order valence-corrected chi connectivity index (χ3v) is 5.58. The topological polar surface area (TPSA) is 177 Å². The van der Waals surface area contributed by atoms with Crippen LogP contribution in [0, 0.1) is 17.8 Å². The summed E-state index contributed by atoms with van der Waals surface area (Å²) in [5.41, 5.74) is 5.23. The van der Waals surface area contributed by atoms with E-state index in [0.29, 0.717) is 18.8 Å². The van der Waals surface area contributed by atoms with Crippen molar-refractivity contribution in [2.45, 2.75) is 62.7 Å². The lowest BCUT2D eigenvalue weighted by atomic mass is 9.79. The molecule has 4 rings (SSSR count). The van der Waals surface area contributed by atoms with Crippen molar-refractivity contribution in [1.29, 1.82) is 0 Å². The van der Waals surface area contributed by atoms with Gasteiger partial charge in [-0.1, -0.05) is 19.3 Å². The van der Waals surface area contributed by atoms with Gasteiger partial charge in [0, 0.05) is 0 Å². The molecule has 6 unspecified atom stereocenters. The number of anilines is 1. The molecule has 1 aliphatic heterocycles. The highest BCUT2D eigenvalue weighted by Crippen LogP contribution is 2.33. The molecule has 2 aromatic rings. The van der Waals surface area contributed by atoms with Crippen LogP contribution in [0.5, 0.6) is 0 Å². The number of aromatic nitrogens is 4. The van der Waals surface area contributed by atoms with Gasteiger partial charge in [0.1, 0.15) is 23.3 Å². The molecule has 0 bridgehead atoms. The molecule has 1 aliphatic carbocycles. The summed E-state index contributed by atoms with van der Waals surface area (Å²) in [6, 6.07) is 0. The van der Waals surface area contributed by atoms with Gasteiger partial charge in [0.2, 0.25) is 5.82 Å². The number of aliphatic hydroxyl groups excluding tert-OH is 2. The third-order valence-electron chi connectivity index (χ3n) is 5.58. The zero-order valence-electron chi connectivity index (χ0n) is 16.3. The molecular weight excluding hydrogens is 394 g/mol. The van der Waals surface area contributed by atoms with Crippen LogP contribution in [0.1, 0.15) is 44.7 Å². The molecule has 0 aromatic carbocycles. The predicted octanol–water partition coefficient (Wildman–Crippen LogP) is -0.595. The summed E-state index contributed by atoms with van der Waals surface area (Å²) < 4.78 is 6.59. The van der Waals surface area contributed by atoms with Crippen LogP contribution in [0.15, 0.2) is 6.33 Å². The molecule has 11 nitrogen and oxygen atoms in total. The number of nitrogens with zero attached hydrogens (tertiary/aromatic N) is 4. The van der Waals surface area contributed by atoms with Gasteiger partial charge in [-0.25, -0.2) is 19.7 Å². The molecule has 2 aromatic heterocycles. The Kier molecular flexibility index (Phi) is 5.11. The quantitative estimate of drug-likeness (QED) is 0.397. The minimum absolute atomic E-state index is 0.0369. The number of carbonyl (C=O) groups is 1. The number of fused-ring (bicyclic) bond motifs is 1. The van der Waals surface area contributed by atoms with E-state index in [1.165, 1.54) is 10.9 Å². The number of hydrogen-bond acceptors (Lipinski definition) is 9. The first-order valence-electron chi connectivity index (χ1n) is 9.68. The minimum atomic E-state index is -1.62. The van der Waals surface area contributed by atoms with Gasteiger partial charge >= 0.3 is 5.97 Å². The first-order valence-corrected chi connectivity index (χ1v) is 9.68. The second-order valence-corrected chi connectivity index (χ2v) is 8.01. The van der Waals surface area contributed by atoms with E-state index in [9.17, 15) is 20.1 Å². The molecule has 3 heterocycles. The fourth-order valence-corrected chi connectivity index (χ4v) is 4.08. The lowest BCUT2D eigenvalue weighted by Gasteiger charge is -2.30. The normalized spacial score (nSPS) is 33.9. The van der Waals surface area contributed by atoms with Crippen LogP contribution in [0.2, 0.25) is 0 Å². The molecule has 160 valence electrons.